The number of hydrogen-bond acceptors (Lipinski definition) is 4. The van der Waals surface area contributed by atoms with Gasteiger partial charge in [0.25, 0.3) is 0 Å². The Morgan fingerprint density at radius 1 is 1.06 bits per heavy atom. The smallest absolute Gasteiger partial charge is 0.141 e. The van der Waals surface area contributed by atoms with Crippen molar-refractivity contribution in [2.45, 2.75) is 6.92 Å². The van der Waals surface area contributed by atoms with Gasteiger partial charge in [-0.1, -0.05) is 12.1 Å². The molecule has 0 atom stereocenters. The third kappa shape index (κ3) is 5.56. The molecule has 0 aliphatic heterocycles. The van der Waals surface area contributed by atoms with Gasteiger partial charge >= 0.3 is 0 Å². The quantitative estimate of drug-likeness (QED) is 0.670. The highest BCUT2D eigenvalue weighted by molar-refractivity contribution is 5.55. The van der Waals surface area contributed by atoms with Crippen molar-refractivity contribution in [3.63, 3.8) is 0 Å². The number of para-hydroxylation sites is 2. The number of methoxy groups -OCH3 is 1. The first-order chi connectivity index (χ1) is 8.38. The van der Waals surface area contributed by atoms with Crippen molar-refractivity contribution in [1.29, 1.82) is 0 Å². The summed E-state index contributed by atoms with van der Waals surface area (Å²) >= 11 is 0. The molecule has 1 N–H and O–H groups in total. The molecule has 0 aromatic heterocycles. The molecule has 4 heteroatoms. The van der Waals surface area contributed by atoms with E-state index < -0.39 is 0 Å². The van der Waals surface area contributed by atoms with Crippen LogP contribution in [-0.2, 0) is 9.47 Å². The summed E-state index contributed by atoms with van der Waals surface area (Å²) < 4.78 is 15.8. The predicted octanol–water partition coefficient (Wildman–Crippen LogP) is 2.16. The normalized spacial score (nSPS) is 10.2. The number of hydrogen-bond donors (Lipinski definition) is 1. The molecule has 17 heavy (non-hydrogen) atoms. The van der Waals surface area contributed by atoms with Crippen molar-refractivity contribution in [3.05, 3.63) is 24.3 Å². The van der Waals surface area contributed by atoms with E-state index in [1.807, 2.05) is 31.2 Å². The van der Waals surface area contributed by atoms with Gasteiger partial charge in [0.05, 0.1) is 32.6 Å². The van der Waals surface area contributed by atoms with Gasteiger partial charge in [-0.25, -0.2) is 0 Å². The number of nitrogens with one attached hydrogen (secondary N) is 1. The van der Waals surface area contributed by atoms with Crippen molar-refractivity contribution in [3.8, 4) is 5.75 Å². The number of anilines is 1. The van der Waals surface area contributed by atoms with E-state index in [-0.39, 0.29) is 0 Å². The molecule has 0 aliphatic rings. The van der Waals surface area contributed by atoms with Crippen LogP contribution in [0, 0.1) is 0 Å². The molecule has 0 amide bonds. The zero-order valence-electron chi connectivity index (χ0n) is 10.6. The Labute approximate surface area is 103 Å². The molecular formula is C13H21NO3. The molecule has 96 valence electrons. The van der Waals surface area contributed by atoms with Crippen molar-refractivity contribution in [2.24, 2.45) is 0 Å². The van der Waals surface area contributed by atoms with Crippen LogP contribution in [0.3, 0.4) is 0 Å². The number of ether oxygens (including phenoxy) is 3. The average Bonchev–Trinajstić information content (AvgIpc) is 2.38. The predicted molar refractivity (Wildman–Crippen MR) is 68.8 cm³/mol. The first kappa shape index (κ1) is 13.8. The van der Waals surface area contributed by atoms with Gasteiger partial charge in [0.15, 0.2) is 0 Å². The molecule has 1 aromatic carbocycles. The summed E-state index contributed by atoms with van der Waals surface area (Å²) in [6.45, 7) is 5.43. The van der Waals surface area contributed by atoms with Crippen LogP contribution in [0.2, 0.25) is 0 Å². The van der Waals surface area contributed by atoms with Gasteiger partial charge in [-0.05, 0) is 19.1 Å². The lowest BCUT2D eigenvalue weighted by Gasteiger charge is -2.10. The van der Waals surface area contributed by atoms with Gasteiger partial charge in [-0.15, -0.1) is 0 Å². The van der Waals surface area contributed by atoms with E-state index in [0.29, 0.717) is 19.8 Å². The minimum absolute atomic E-state index is 0.640. The highest BCUT2D eigenvalue weighted by atomic mass is 16.5. The minimum atomic E-state index is 0.640. The highest BCUT2D eigenvalue weighted by Crippen LogP contribution is 2.22. The largest absolute Gasteiger partial charge is 0.495 e. The molecule has 4 nitrogen and oxygen atoms in total. The molecular weight excluding hydrogens is 218 g/mol. The Balaban J connectivity index is 2.13. The molecule has 0 saturated heterocycles. The molecule has 0 radical (unpaired) electrons. The zero-order chi connectivity index (χ0) is 12.3. The van der Waals surface area contributed by atoms with Crippen LogP contribution in [0.25, 0.3) is 0 Å². The lowest BCUT2D eigenvalue weighted by atomic mass is 10.3. The van der Waals surface area contributed by atoms with Crippen molar-refractivity contribution in [1.82, 2.24) is 0 Å². The van der Waals surface area contributed by atoms with Crippen LogP contribution < -0.4 is 10.1 Å². The number of benzene rings is 1. The van der Waals surface area contributed by atoms with E-state index in [4.69, 9.17) is 14.2 Å². The average molecular weight is 239 g/mol. The van der Waals surface area contributed by atoms with Crippen LogP contribution in [0.1, 0.15) is 6.92 Å². The van der Waals surface area contributed by atoms with Crippen LogP contribution >= 0.6 is 0 Å². The van der Waals surface area contributed by atoms with Crippen LogP contribution in [0.5, 0.6) is 5.75 Å². The summed E-state index contributed by atoms with van der Waals surface area (Å²) in [5.74, 6) is 0.849. The van der Waals surface area contributed by atoms with Gasteiger partial charge < -0.3 is 19.5 Å². The molecule has 0 spiro atoms. The monoisotopic (exact) mass is 239 g/mol. The van der Waals surface area contributed by atoms with Gasteiger partial charge in [0.2, 0.25) is 0 Å². The molecule has 1 rings (SSSR count). The minimum Gasteiger partial charge on any atom is -0.495 e. The molecule has 0 aliphatic carbocycles. The molecule has 0 heterocycles. The summed E-state index contributed by atoms with van der Waals surface area (Å²) in [4.78, 5) is 0. The molecule has 0 unspecified atom stereocenters. The Morgan fingerprint density at radius 2 is 1.82 bits per heavy atom. The third-order valence-electron chi connectivity index (χ3n) is 2.24. The fraction of sp³-hybridized carbons (Fsp3) is 0.538. The van der Waals surface area contributed by atoms with E-state index in [1.165, 1.54) is 0 Å². The second-order valence-corrected chi connectivity index (χ2v) is 3.44. The first-order valence-electron chi connectivity index (χ1n) is 5.91. The maximum atomic E-state index is 5.40. The summed E-state index contributed by atoms with van der Waals surface area (Å²) in [6.07, 6.45) is 0. The lowest BCUT2D eigenvalue weighted by Crippen LogP contribution is -2.12. The molecule has 0 saturated carbocycles. The van der Waals surface area contributed by atoms with Gasteiger partial charge in [0, 0.05) is 13.2 Å². The van der Waals surface area contributed by atoms with Crippen molar-refractivity contribution < 1.29 is 14.2 Å². The standard InChI is InChI=1S/C13H21NO3/c1-3-16-10-11-17-9-8-14-12-6-4-5-7-13(12)15-2/h4-7,14H,3,8-11H2,1-2H3. The summed E-state index contributed by atoms with van der Waals surface area (Å²) in [6, 6.07) is 7.83. The highest BCUT2D eigenvalue weighted by Gasteiger charge is 1.99. The Bertz CT molecular complexity index is 304. The van der Waals surface area contributed by atoms with Crippen LogP contribution in [0.15, 0.2) is 24.3 Å². The molecule has 1 aromatic rings. The second-order valence-electron chi connectivity index (χ2n) is 3.44. The van der Waals surface area contributed by atoms with E-state index in [1.54, 1.807) is 7.11 Å². The summed E-state index contributed by atoms with van der Waals surface area (Å²) in [7, 11) is 1.67. The fourth-order valence-corrected chi connectivity index (χ4v) is 1.41. The van der Waals surface area contributed by atoms with E-state index in [2.05, 4.69) is 5.32 Å². The SMILES string of the molecule is CCOCCOCCNc1ccccc1OC. The van der Waals surface area contributed by atoms with Crippen LogP contribution in [-0.4, -0.2) is 40.1 Å². The summed E-state index contributed by atoms with van der Waals surface area (Å²) in [5, 5.41) is 3.26. The maximum Gasteiger partial charge on any atom is 0.141 e. The van der Waals surface area contributed by atoms with E-state index in [0.717, 1.165) is 24.6 Å². The van der Waals surface area contributed by atoms with Crippen LogP contribution in [0.4, 0.5) is 5.69 Å². The van der Waals surface area contributed by atoms with Gasteiger partial charge in [0.1, 0.15) is 5.75 Å². The Hall–Kier alpha value is -1.26. The van der Waals surface area contributed by atoms with Crippen molar-refractivity contribution in [2.75, 3.05) is 45.4 Å². The zero-order valence-corrected chi connectivity index (χ0v) is 10.6. The number of rotatable bonds is 9. The Kier molecular flexibility index (Phi) is 7.18. The van der Waals surface area contributed by atoms with Crippen molar-refractivity contribution >= 4 is 5.69 Å². The third-order valence-corrected chi connectivity index (χ3v) is 2.24. The second kappa shape index (κ2) is 8.84. The maximum absolute atomic E-state index is 5.40. The summed E-state index contributed by atoms with van der Waals surface area (Å²) in [5.41, 5.74) is 0.989. The van der Waals surface area contributed by atoms with Gasteiger partial charge in [-0.3, -0.25) is 0 Å². The lowest BCUT2D eigenvalue weighted by molar-refractivity contribution is 0.0570. The molecule has 0 bridgehead atoms. The topological polar surface area (TPSA) is 39.7 Å². The Morgan fingerprint density at radius 3 is 2.59 bits per heavy atom. The molecule has 0 fully saturated rings. The van der Waals surface area contributed by atoms with E-state index in [9.17, 15) is 0 Å². The first-order valence-corrected chi connectivity index (χ1v) is 5.91. The van der Waals surface area contributed by atoms with Gasteiger partial charge in [-0.2, -0.15) is 0 Å². The van der Waals surface area contributed by atoms with E-state index >= 15 is 0 Å². The fourth-order valence-electron chi connectivity index (χ4n) is 1.41.